The summed E-state index contributed by atoms with van der Waals surface area (Å²) in [6.45, 7) is 16.4. The van der Waals surface area contributed by atoms with Crippen molar-refractivity contribution in [2.24, 2.45) is 0 Å². The van der Waals surface area contributed by atoms with Crippen molar-refractivity contribution < 1.29 is 32.0 Å². The van der Waals surface area contributed by atoms with Crippen LogP contribution in [0.5, 0.6) is 0 Å². The first-order chi connectivity index (χ1) is 12.8. The van der Waals surface area contributed by atoms with Crippen molar-refractivity contribution >= 4 is 18.6 Å². The van der Waals surface area contributed by atoms with Gasteiger partial charge in [0.05, 0.1) is 29.4 Å². The lowest BCUT2D eigenvalue weighted by Gasteiger charge is -2.32. The molecule has 0 atom stereocenters. The van der Waals surface area contributed by atoms with E-state index in [2.05, 4.69) is 4.74 Å². The fraction of sp³-hybridized carbons (Fsp3) is 0.650. The summed E-state index contributed by atoms with van der Waals surface area (Å²) in [6, 6.07) is 2.29. The number of carbonyl (C=O) groups is 1. The van der Waals surface area contributed by atoms with Gasteiger partial charge in [-0.25, -0.2) is 4.79 Å². The minimum absolute atomic E-state index is 0.131. The first-order valence-electron chi connectivity index (χ1n) is 9.46. The molecule has 28 heavy (non-hydrogen) atoms. The lowest BCUT2D eigenvalue weighted by atomic mass is 9.76. The molecule has 1 saturated heterocycles. The van der Waals surface area contributed by atoms with Crippen LogP contribution in [0.15, 0.2) is 12.1 Å². The summed E-state index contributed by atoms with van der Waals surface area (Å²) in [5.41, 5.74) is -2.52. The fourth-order valence-electron chi connectivity index (χ4n) is 2.47. The minimum Gasteiger partial charge on any atom is -0.465 e. The van der Waals surface area contributed by atoms with Gasteiger partial charge in [-0.2, -0.15) is 13.2 Å². The van der Waals surface area contributed by atoms with Gasteiger partial charge in [0.2, 0.25) is 0 Å². The number of esters is 1. The van der Waals surface area contributed by atoms with Crippen LogP contribution in [-0.2, 0) is 20.2 Å². The Morgan fingerprint density at radius 2 is 1.43 bits per heavy atom. The normalized spacial score (nSPS) is 17.1. The summed E-state index contributed by atoms with van der Waals surface area (Å²) in [4.78, 5) is 11.9. The Morgan fingerprint density at radius 1 is 1.00 bits per heavy atom. The van der Waals surface area contributed by atoms with Crippen molar-refractivity contribution in [2.45, 2.75) is 79.7 Å². The van der Waals surface area contributed by atoms with Crippen LogP contribution in [0, 0.1) is 6.92 Å². The second-order valence-corrected chi connectivity index (χ2v) is 6.82. The average Bonchev–Trinajstić information content (AvgIpc) is 2.84. The summed E-state index contributed by atoms with van der Waals surface area (Å²) >= 11 is 0. The maximum absolute atomic E-state index is 13.3. The molecule has 0 aromatic heterocycles. The van der Waals surface area contributed by atoms with Crippen LogP contribution >= 0.6 is 0 Å². The Labute approximate surface area is 166 Å². The van der Waals surface area contributed by atoms with Gasteiger partial charge in [0, 0.05) is 0 Å². The number of hydrogen-bond acceptors (Lipinski definition) is 4. The third kappa shape index (κ3) is 5.51. The smallest absolute Gasteiger partial charge is 0.465 e. The summed E-state index contributed by atoms with van der Waals surface area (Å²) in [5, 5.41) is 0. The molecule has 0 radical (unpaired) electrons. The number of alkyl halides is 3. The summed E-state index contributed by atoms with van der Waals surface area (Å²) in [5.74, 6) is -0.837. The molecule has 1 heterocycles. The van der Waals surface area contributed by atoms with Crippen LogP contribution < -0.4 is 5.46 Å². The molecular weight excluding hydrogens is 372 g/mol. The molecule has 1 aliphatic heterocycles. The largest absolute Gasteiger partial charge is 0.494 e. The standard InChI is InChI=1S/C16H20BF3O4.2C2H6/c1-9-11(13(21)22-6)7-10(8-12(9)16(18,19)20)17-23-14(2,3)15(4,5)24-17;2*1-2/h7-8H,1-6H3;2*1-2H3. The molecule has 1 aliphatic rings. The van der Waals surface area contributed by atoms with E-state index in [1.165, 1.54) is 13.0 Å². The topological polar surface area (TPSA) is 44.8 Å². The quantitative estimate of drug-likeness (QED) is 0.505. The highest BCUT2D eigenvalue weighted by Crippen LogP contribution is 2.38. The van der Waals surface area contributed by atoms with Crippen LogP contribution in [0.2, 0.25) is 0 Å². The predicted octanol–water partition coefficient (Wildman–Crippen LogP) is 5.15. The highest BCUT2D eigenvalue weighted by molar-refractivity contribution is 6.62. The van der Waals surface area contributed by atoms with Crippen molar-refractivity contribution in [2.75, 3.05) is 7.11 Å². The highest BCUT2D eigenvalue weighted by Gasteiger charge is 2.52. The SMILES string of the molecule is CC.CC.COC(=O)c1cc(B2OC(C)(C)C(C)(C)O2)cc(C(F)(F)F)c1C. The molecule has 2 rings (SSSR count). The number of hydrogen-bond donors (Lipinski definition) is 0. The van der Waals surface area contributed by atoms with Crippen molar-refractivity contribution in [1.82, 2.24) is 0 Å². The van der Waals surface area contributed by atoms with Gasteiger partial charge in [0.15, 0.2) is 0 Å². The Balaban J connectivity index is 0.00000171. The maximum atomic E-state index is 13.3. The molecule has 0 bridgehead atoms. The molecule has 0 aliphatic carbocycles. The second-order valence-electron chi connectivity index (χ2n) is 6.82. The lowest BCUT2D eigenvalue weighted by Crippen LogP contribution is -2.41. The van der Waals surface area contributed by atoms with E-state index in [4.69, 9.17) is 9.31 Å². The van der Waals surface area contributed by atoms with Crippen LogP contribution in [0.25, 0.3) is 0 Å². The third-order valence-electron chi connectivity index (χ3n) is 4.67. The molecule has 0 saturated carbocycles. The summed E-state index contributed by atoms with van der Waals surface area (Å²) in [6.07, 6.45) is -4.60. The number of halogens is 3. The molecule has 1 aromatic carbocycles. The van der Waals surface area contributed by atoms with Gasteiger partial charge in [-0.1, -0.05) is 27.7 Å². The minimum atomic E-state index is -4.60. The number of ether oxygens (including phenoxy) is 1. The molecule has 4 nitrogen and oxygen atoms in total. The zero-order chi connectivity index (χ0) is 22.5. The molecule has 160 valence electrons. The van der Waals surface area contributed by atoms with Crippen LogP contribution in [0.4, 0.5) is 13.2 Å². The predicted molar refractivity (Wildman–Crippen MR) is 106 cm³/mol. The van der Waals surface area contributed by atoms with Gasteiger partial charge in [0.25, 0.3) is 0 Å². The van der Waals surface area contributed by atoms with E-state index in [-0.39, 0.29) is 16.6 Å². The van der Waals surface area contributed by atoms with Gasteiger partial charge in [-0.15, -0.1) is 0 Å². The van der Waals surface area contributed by atoms with Gasteiger partial charge < -0.3 is 14.0 Å². The number of carbonyl (C=O) groups excluding carboxylic acids is 1. The van der Waals surface area contributed by atoms with E-state index < -0.39 is 36.0 Å². The first-order valence-corrected chi connectivity index (χ1v) is 9.46. The van der Waals surface area contributed by atoms with Crippen molar-refractivity contribution in [3.8, 4) is 0 Å². The van der Waals surface area contributed by atoms with Gasteiger partial charge in [-0.05, 0) is 57.8 Å². The second kappa shape index (κ2) is 9.79. The molecule has 0 spiro atoms. The van der Waals surface area contributed by atoms with Crippen molar-refractivity contribution in [3.63, 3.8) is 0 Å². The highest BCUT2D eigenvalue weighted by atomic mass is 19.4. The van der Waals surface area contributed by atoms with E-state index in [0.29, 0.717) is 0 Å². The van der Waals surface area contributed by atoms with Gasteiger partial charge in [0.1, 0.15) is 0 Å². The number of rotatable bonds is 2. The summed E-state index contributed by atoms with van der Waals surface area (Å²) < 4.78 is 56.2. The fourth-order valence-corrected chi connectivity index (χ4v) is 2.47. The molecule has 0 amide bonds. The molecule has 0 N–H and O–H groups in total. The van der Waals surface area contributed by atoms with Gasteiger partial charge >= 0.3 is 19.3 Å². The molecular formula is C20H32BF3O4. The van der Waals surface area contributed by atoms with E-state index in [1.807, 2.05) is 27.7 Å². The van der Waals surface area contributed by atoms with E-state index in [1.54, 1.807) is 27.7 Å². The van der Waals surface area contributed by atoms with Crippen molar-refractivity contribution in [3.05, 3.63) is 28.8 Å². The van der Waals surface area contributed by atoms with Crippen LogP contribution in [0.1, 0.15) is 76.9 Å². The monoisotopic (exact) mass is 404 g/mol. The van der Waals surface area contributed by atoms with E-state index in [0.717, 1.165) is 13.2 Å². The van der Waals surface area contributed by atoms with Crippen LogP contribution in [-0.4, -0.2) is 31.4 Å². The molecule has 1 fully saturated rings. The van der Waals surface area contributed by atoms with Crippen molar-refractivity contribution in [1.29, 1.82) is 0 Å². The number of methoxy groups -OCH3 is 1. The maximum Gasteiger partial charge on any atom is 0.494 e. The molecule has 1 aromatic rings. The number of benzene rings is 1. The van der Waals surface area contributed by atoms with Gasteiger partial charge in [-0.3, -0.25) is 0 Å². The lowest BCUT2D eigenvalue weighted by molar-refractivity contribution is -0.138. The average molecular weight is 404 g/mol. The Hall–Kier alpha value is -1.54. The van der Waals surface area contributed by atoms with Crippen LogP contribution in [0.3, 0.4) is 0 Å². The Kier molecular flexibility index (Phi) is 9.25. The zero-order valence-electron chi connectivity index (χ0n) is 18.5. The first kappa shape index (κ1) is 26.5. The van der Waals surface area contributed by atoms with E-state index >= 15 is 0 Å². The third-order valence-corrected chi connectivity index (χ3v) is 4.67. The molecule has 0 unspecified atom stereocenters. The Morgan fingerprint density at radius 3 is 1.79 bits per heavy atom. The zero-order valence-corrected chi connectivity index (χ0v) is 18.5. The summed E-state index contributed by atoms with van der Waals surface area (Å²) in [7, 11) is 0.122. The van der Waals surface area contributed by atoms with E-state index in [9.17, 15) is 18.0 Å². The molecule has 8 heteroatoms. The Bertz CT molecular complexity index is 654.